The monoisotopic (exact) mass is 385 g/mol. The van der Waals surface area contributed by atoms with E-state index in [4.69, 9.17) is 9.47 Å². The van der Waals surface area contributed by atoms with E-state index < -0.39 is 0 Å². The van der Waals surface area contributed by atoms with E-state index in [2.05, 4.69) is 36.1 Å². The van der Waals surface area contributed by atoms with Crippen molar-refractivity contribution in [1.82, 2.24) is 4.90 Å². The molecule has 3 aliphatic rings. The lowest BCUT2D eigenvalue weighted by Crippen LogP contribution is -2.29. The molecule has 152 valence electrons. The number of hydrogen-bond acceptors (Lipinski definition) is 3. The van der Waals surface area contributed by atoms with Crippen LogP contribution in [-0.4, -0.2) is 43.9 Å². The summed E-state index contributed by atoms with van der Waals surface area (Å²) >= 11 is 0. The van der Waals surface area contributed by atoms with Crippen molar-refractivity contribution in [3.8, 4) is 5.75 Å². The fourth-order valence-electron chi connectivity index (χ4n) is 5.18. The van der Waals surface area contributed by atoms with Crippen LogP contribution in [0.5, 0.6) is 5.75 Å². The zero-order valence-corrected chi connectivity index (χ0v) is 17.0. The molecule has 1 aliphatic heterocycles. The highest BCUT2D eigenvalue weighted by Crippen LogP contribution is 2.41. The van der Waals surface area contributed by atoms with E-state index in [-0.39, 0.29) is 11.9 Å². The van der Waals surface area contributed by atoms with Crippen LogP contribution in [0, 0.1) is 11.8 Å². The Kier molecular flexibility index (Phi) is 6.17. The Balaban J connectivity index is 1.26. The second-order valence-electron chi connectivity index (χ2n) is 8.57. The summed E-state index contributed by atoms with van der Waals surface area (Å²) < 4.78 is 24.6. The average Bonchev–Trinajstić information content (AvgIpc) is 3.26. The van der Waals surface area contributed by atoms with Gasteiger partial charge in [-0.1, -0.05) is 25.1 Å². The molecule has 4 unspecified atom stereocenters. The Bertz CT molecular complexity index is 700. The number of benzene rings is 1. The molecule has 0 amide bonds. The summed E-state index contributed by atoms with van der Waals surface area (Å²) in [5.41, 5.74) is 1.41. The number of hydrogen-bond donors (Lipinski definition) is 0. The van der Waals surface area contributed by atoms with Gasteiger partial charge in [-0.15, -0.1) is 0 Å². The zero-order valence-electron chi connectivity index (χ0n) is 17.0. The van der Waals surface area contributed by atoms with Gasteiger partial charge in [-0.3, -0.25) is 0 Å². The minimum atomic E-state index is -0.138. The highest BCUT2D eigenvalue weighted by molar-refractivity contribution is 5.29. The first-order valence-electron chi connectivity index (χ1n) is 10.7. The van der Waals surface area contributed by atoms with E-state index >= 15 is 0 Å². The van der Waals surface area contributed by atoms with Crippen molar-refractivity contribution in [2.45, 2.75) is 50.7 Å². The zero-order chi connectivity index (χ0) is 19.5. The first-order chi connectivity index (χ1) is 13.6. The lowest BCUT2D eigenvalue weighted by molar-refractivity contribution is 0.0118. The minimum absolute atomic E-state index is 0.0546. The predicted octanol–water partition coefficient (Wildman–Crippen LogP) is 5.10. The molecule has 0 spiro atoms. The number of nitrogens with zero attached hydrogens (tertiary/aromatic N) is 1. The lowest BCUT2D eigenvalue weighted by atomic mass is 9.96. The number of rotatable bonds is 7. The van der Waals surface area contributed by atoms with Crippen LogP contribution in [0.4, 0.5) is 4.39 Å². The summed E-state index contributed by atoms with van der Waals surface area (Å²) in [4.78, 5) is 2.66. The van der Waals surface area contributed by atoms with Crippen LogP contribution in [0.25, 0.3) is 0 Å². The molecule has 0 N–H and O–H groups in total. The Morgan fingerprint density at radius 3 is 2.43 bits per heavy atom. The van der Waals surface area contributed by atoms with Crippen LogP contribution in [-0.2, 0) is 4.74 Å². The summed E-state index contributed by atoms with van der Waals surface area (Å²) in [7, 11) is 1.71. The first-order valence-corrected chi connectivity index (χ1v) is 10.7. The topological polar surface area (TPSA) is 21.7 Å². The maximum Gasteiger partial charge on any atom is 0.119 e. The van der Waals surface area contributed by atoms with E-state index in [1.54, 1.807) is 13.2 Å². The second kappa shape index (κ2) is 8.79. The Morgan fingerprint density at radius 1 is 1.14 bits per heavy atom. The van der Waals surface area contributed by atoms with Crippen molar-refractivity contribution >= 4 is 0 Å². The molecule has 1 aromatic rings. The minimum Gasteiger partial charge on any atom is -0.497 e. The molecular formula is C24H32FNO2. The summed E-state index contributed by atoms with van der Waals surface area (Å²) in [6.45, 7) is 5.79. The van der Waals surface area contributed by atoms with Gasteiger partial charge in [-0.2, -0.15) is 0 Å². The predicted molar refractivity (Wildman–Crippen MR) is 110 cm³/mol. The molecular weight excluding hydrogens is 353 g/mol. The van der Waals surface area contributed by atoms with Gasteiger partial charge in [0.05, 0.1) is 19.3 Å². The average molecular weight is 386 g/mol. The molecule has 1 heterocycles. The van der Waals surface area contributed by atoms with Crippen molar-refractivity contribution in [2.24, 2.45) is 11.8 Å². The number of methoxy groups -OCH3 is 1. The summed E-state index contributed by atoms with van der Waals surface area (Å²) in [5, 5.41) is 0. The van der Waals surface area contributed by atoms with Crippen LogP contribution < -0.4 is 4.74 Å². The second-order valence-corrected chi connectivity index (χ2v) is 8.57. The van der Waals surface area contributed by atoms with E-state index in [0.717, 1.165) is 43.4 Å². The van der Waals surface area contributed by atoms with Gasteiger partial charge in [0, 0.05) is 19.6 Å². The highest BCUT2D eigenvalue weighted by atomic mass is 19.1. The standard InChI is InChI=1S/C24H32FNO2/c1-3-17(18-4-8-22(27-2)9-5-18)14-26-15-19-12-24(13-20(19)16-26)28-23-10-6-21(25)7-11-23/h4-10,17,19-20,23-24H,3,11-16H2,1-2H3/t17?,19-,20?,23?,24?/m1/s1. The summed E-state index contributed by atoms with van der Waals surface area (Å²) in [5.74, 6) is 2.86. The van der Waals surface area contributed by atoms with Crippen LogP contribution in [0.15, 0.2) is 48.3 Å². The molecule has 0 aromatic heterocycles. The van der Waals surface area contributed by atoms with Gasteiger partial charge in [-0.25, -0.2) is 4.39 Å². The van der Waals surface area contributed by atoms with Crippen molar-refractivity contribution in [2.75, 3.05) is 26.7 Å². The summed E-state index contributed by atoms with van der Waals surface area (Å²) in [6, 6.07) is 8.56. The molecule has 2 fully saturated rings. The van der Waals surface area contributed by atoms with E-state index in [1.165, 1.54) is 24.7 Å². The number of halogens is 1. The van der Waals surface area contributed by atoms with Gasteiger partial charge in [0.25, 0.3) is 0 Å². The van der Waals surface area contributed by atoms with Gasteiger partial charge in [0.15, 0.2) is 0 Å². The molecule has 2 aliphatic carbocycles. The number of allylic oxidation sites excluding steroid dienone is 2. The highest BCUT2D eigenvalue weighted by Gasteiger charge is 2.42. The quantitative estimate of drug-likeness (QED) is 0.652. The van der Waals surface area contributed by atoms with Crippen molar-refractivity contribution in [3.05, 3.63) is 53.9 Å². The molecule has 4 rings (SSSR count). The van der Waals surface area contributed by atoms with Gasteiger partial charge >= 0.3 is 0 Å². The number of fused-ring (bicyclic) bond motifs is 1. The summed E-state index contributed by atoms with van der Waals surface area (Å²) in [6.07, 6.45) is 9.55. The molecule has 0 radical (unpaired) electrons. The smallest absolute Gasteiger partial charge is 0.119 e. The molecule has 1 aromatic carbocycles. The molecule has 28 heavy (non-hydrogen) atoms. The fourth-order valence-corrected chi connectivity index (χ4v) is 5.18. The van der Waals surface area contributed by atoms with Gasteiger partial charge < -0.3 is 14.4 Å². The fraction of sp³-hybridized carbons (Fsp3) is 0.583. The molecule has 3 nitrogen and oxygen atoms in total. The SMILES string of the molecule is CCC(CN1CC2CC(OC3C=CC(F)=CC3)C[C@@H]2C1)c1ccc(OC)cc1. The van der Waals surface area contributed by atoms with E-state index in [0.29, 0.717) is 18.4 Å². The van der Waals surface area contributed by atoms with Crippen molar-refractivity contribution < 1.29 is 13.9 Å². The van der Waals surface area contributed by atoms with Gasteiger partial charge in [0.1, 0.15) is 11.6 Å². The number of likely N-dealkylation sites (tertiary alicyclic amines) is 1. The maximum atomic E-state index is 13.1. The molecule has 4 heteroatoms. The van der Waals surface area contributed by atoms with Crippen molar-refractivity contribution in [1.29, 1.82) is 0 Å². The Morgan fingerprint density at radius 2 is 1.86 bits per heavy atom. The number of ether oxygens (including phenoxy) is 2. The lowest BCUT2D eigenvalue weighted by Gasteiger charge is -2.26. The van der Waals surface area contributed by atoms with E-state index in [9.17, 15) is 4.39 Å². The van der Waals surface area contributed by atoms with Crippen LogP contribution in [0.3, 0.4) is 0 Å². The Hall–Kier alpha value is -1.65. The van der Waals surface area contributed by atoms with Crippen LogP contribution in [0.1, 0.15) is 44.1 Å². The van der Waals surface area contributed by atoms with Crippen molar-refractivity contribution in [3.63, 3.8) is 0 Å². The molecule has 0 bridgehead atoms. The van der Waals surface area contributed by atoms with Gasteiger partial charge in [-0.05, 0) is 73.3 Å². The van der Waals surface area contributed by atoms with Crippen LogP contribution in [0.2, 0.25) is 0 Å². The largest absolute Gasteiger partial charge is 0.497 e. The van der Waals surface area contributed by atoms with E-state index in [1.807, 2.05) is 6.08 Å². The van der Waals surface area contributed by atoms with Crippen LogP contribution >= 0.6 is 0 Å². The third kappa shape index (κ3) is 4.49. The maximum absolute atomic E-state index is 13.1. The molecule has 1 saturated heterocycles. The first kappa shape index (κ1) is 19.7. The molecule has 5 atom stereocenters. The third-order valence-corrected chi connectivity index (χ3v) is 6.72. The van der Waals surface area contributed by atoms with Gasteiger partial charge in [0.2, 0.25) is 0 Å². The molecule has 1 saturated carbocycles. The Labute approximate surface area is 168 Å². The third-order valence-electron chi connectivity index (χ3n) is 6.72. The normalized spacial score (nSPS) is 30.9.